The molecule has 4 N–H and O–H groups in total. The van der Waals surface area contributed by atoms with Crippen molar-refractivity contribution in [2.75, 3.05) is 10.6 Å². The fourth-order valence-corrected chi connectivity index (χ4v) is 2.06. The van der Waals surface area contributed by atoms with E-state index in [0.29, 0.717) is 11.4 Å². The van der Waals surface area contributed by atoms with Crippen molar-refractivity contribution >= 4 is 22.7 Å². The number of hydrogen-bond acceptors (Lipinski definition) is 6. The molecule has 0 spiro atoms. The van der Waals surface area contributed by atoms with Gasteiger partial charge in [0.15, 0.2) is 0 Å². The van der Waals surface area contributed by atoms with Crippen LogP contribution in [0.25, 0.3) is 0 Å². The molecule has 0 unspecified atom stereocenters. The summed E-state index contributed by atoms with van der Waals surface area (Å²) in [6.45, 7) is 0. The van der Waals surface area contributed by atoms with Gasteiger partial charge in [-0.25, -0.2) is 0 Å². The second-order valence-corrected chi connectivity index (χ2v) is 4.69. The van der Waals surface area contributed by atoms with Gasteiger partial charge in [0.25, 0.3) is 10.9 Å². The highest BCUT2D eigenvalue weighted by Crippen LogP contribution is 2.31. The van der Waals surface area contributed by atoms with Crippen molar-refractivity contribution < 1.29 is 10.2 Å². The minimum atomic E-state index is -0.679. The third-order valence-electron chi connectivity index (χ3n) is 3.24. The van der Waals surface area contributed by atoms with Gasteiger partial charge >= 0.3 is 0 Å². The molecule has 0 aromatic heterocycles. The van der Waals surface area contributed by atoms with Gasteiger partial charge in [-0.3, -0.25) is 9.59 Å². The summed E-state index contributed by atoms with van der Waals surface area (Å²) in [6.07, 6.45) is 0. The van der Waals surface area contributed by atoms with Crippen LogP contribution < -0.4 is 21.5 Å². The molecule has 0 heterocycles. The van der Waals surface area contributed by atoms with Crippen LogP contribution in [0, 0.1) is 0 Å². The lowest BCUT2D eigenvalue weighted by Crippen LogP contribution is -2.35. The zero-order chi connectivity index (χ0) is 15.7. The number of anilines is 4. The van der Waals surface area contributed by atoms with Gasteiger partial charge in [0, 0.05) is 0 Å². The summed E-state index contributed by atoms with van der Waals surface area (Å²) in [5, 5.41) is 24.9. The van der Waals surface area contributed by atoms with Crippen LogP contribution >= 0.6 is 0 Å². The van der Waals surface area contributed by atoms with Crippen LogP contribution in [0.2, 0.25) is 0 Å². The van der Waals surface area contributed by atoms with Crippen LogP contribution in [0.3, 0.4) is 0 Å². The van der Waals surface area contributed by atoms with E-state index in [1.54, 1.807) is 36.4 Å². The Hall–Kier alpha value is -3.28. The van der Waals surface area contributed by atoms with Gasteiger partial charge in [0.2, 0.25) is 0 Å². The Morgan fingerprint density at radius 2 is 1.00 bits per heavy atom. The molecule has 0 atom stereocenters. The number of benzene rings is 2. The van der Waals surface area contributed by atoms with Crippen molar-refractivity contribution in [1.29, 1.82) is 0 Å². The molecule has 0 bridgehead atoms. The Balaban J connectivity index is 1.93. The first kappa shape index (κ1) is 13.7. The molecule has 0 saturated heterocycles. The number of hydrogen-bond donors (Lipinski definition) is 4. The minimum Gasteiger partial charge on any atom is -0.506 e. The molecule has 0 aliphatic rings. The summed E-state index contributed by atoms with van der Waals surface area (Å²) in [5.41, 5.74) is -0.628. The van der Waals surface area contributed by atoms with E-state index in [1.807, 2.05) is 0 Å². The van der Waals surface area contributed by atoms with E-state index >= 15 is 0 Å². The van der Waals surface area contributed by atoms with Crippen molar-refractivity contribution in [2.45, 2.75) is 0 Å². The van der Waals surface area contributed by atoms with Crippen molar-refractivity contribution in [3.05, 3.63) is 69.0 Å². The SMILES string of the molecule is O=c1c(Nc2ccccc2O)c(Nc2ccccc2O)c1=O. The van der Waals surface area contributed by atoms with Gasteiger partial charge in [0.1, 0.15) is 22.9 Å². The summed E-state index contributed by atoms with van der Waals surface area (Å²) >= 11 is 0. The van der Waals surface area contributed by atoms with Crippen LogP contribution in [0.5, 0.6) is 11.5 Å². The van der Waals surface area contributed by atoms with Gasteiger partial charge in [0.05, 0.1) is 11.4 Å². The summed E-state index contributed by atoms with van der Waals surface area (Å²) < 4.78 is 0. The van der Waals surface area contributed by atoms with Crippen LogP contribution in [0.15, 0.2) is 58.1 Å². The second-order valence-electron chi connectivity index (χ2n) is 4.69. The van der Waals surface area contributed by atoms with E-state index in [4.69, 9.17) is 0 Å². The maximum atomic E-state index is 11.7. The fraction of sp³-hybridized carbons (Fsp3) is 0. The maximum Gasteiger partial charge on any atom is 0.253 e. The molecule has 6 nitrogen and oxygen atoms in total. The van der Waals surface area contributed by atoms with Crippen molar-refractivity contribution in [2.24, 2.45) is 0 Å². The lowest BCUT2D eigenvalue weighted by Gasteiger charge is -2.16. The van der Waals surface area contributed by atoms with E-state index in [0.717, 1.165) is 0 Å². The van der Waals surface area contributed by atoms with E-state index in [2.05, 4.69) is 10.6 Å². The molecule has 0 fully saturated rings. The zero-order valence-electron chi connectivity index (χ0n) is 11.3. The average molecular weight is 296 g/mol. The lowest BCUT2D eigenvalue weighted by molar-refractivity contribution is 0.477. The highest BCUT2D eigenvalue weighted by atomic mass is 16.3. The first-order valence-electron chi connectivity index (χ1n) is 6.51. The van der Waals surface area contributed by atoms with Crippen LogP contribution in [0.4, 0.5) is 22.7 Å². The highest BCUT2D eigenvalue weighted by molar-refractivity contribution is 5.84. The molecule has 0 amide bonds. The van der Waals surface area contributed by atoms with E-state index in [-0.39, 0.29) is 22.9 Å². The third-order valence-corrected chi connectivity index (χ3v) is 3.24. The number of para-hydroxylation sites is 4. The average Bonchev–Trinajstić information content (AvgIpc) is 2.53. The monoisotopic (exact) mass is 296 g/mol. The van der Waals surface area contributed by atoms with Gasteiger partial charge in [-0.2, -0.15) is 0 Å². The Bertz CT molecular complexity index is 835. The zero-order valence-corrected chi connectivity index (χ0v) is 11.3. The van der Waals surface area contributed by atoms with E-state index in [1.165, 1.54) is 12.1 Å². The molecular formula is C16H12N2O4. The standard InChI is InChI=1S/C16H12N2O4/c19-11-7-3-1-5-9(11)17-13-14(16(22)15(13)21)18-10-6-2-4-8-12(10)20/h1-8,17-20H. The van der Waals surface area contributed by atoms with Gasteiger partial charge in [-0.15, -0.1) is 0 Å². The molecule has 22 heavy (non-hydrogen) atoms. The third kappa shape index (κ3) is 2.26. The van der Waals surface area contributed by atoms with Crippen LogP contribution in [0.1, 0.15) is 0 Å². The minimum absolute atomic E-state index is 0.0379. The largest absolute Gasteiger partial charge is 0.506 e. The molecule has 0 saturated carbocycles. The lowest BCUT2D eigenvalue weighted by atomic mass is 10.1. The normalized spacial score (nSPS) is 10.5. The molecule has 110 valence electrons. The first-order valence-corrected chi connectivity index (χ1v) is 6.51. The fourth-order valence-electron chi connectivity index (χ4n) is 2.06. The predicted molar refractivity (Wildman–Crippen MR) is 84.1 cm³/mol. The molecule has 3 rings (SSSR count). The predicted octanol–water partition coefficient (Wildman–Crippen LogP) is 2.18. The van der Waals surface area contributed by atoms with Gasteiger partial charge in [-0.05, 0) is 24.3 Å². The van der Waals surface area contributed by atoms with Gasteiger partial charge < -0.3 is 20.8 Å². The quantitative estimate of drug-likeness (QED) is 0.435. The van der Waals surface area contributed by atoms with Crippen LogP contribution in [-0.2, 0) is 0 Å². The number of rotatable bonds is 4. The Morgan fingerprint density at radius 1 is 0.636 bits per heavy atom. The molecular weight excluding hydrogens is 284 g/mol. The Labute approximate surface area is 125 Å². The van der Waals surface area contributed by atoms with Crippen LogP contribution in [-0.4, -0.2) is 10.2 Å². The highest BCUT2D eigenvalue weighted by Gasteiger charge is 2.22. The maximum absolute atomic E-state index is 11.7. The number of nitrogens with one attached hydrogen (secondary N) is 2. The Kier molecular flexibility index (Phi) is 3.27. The summed E-state index contributed by atoms with van der Waals surface area (Å²) in [5.74, 6) is -0.0758. The second kappa shape index (κ2) is 5.25. The number of phenolic OH excluding ortho intramolecular Hbond substituents is 2. The van der Waals surface area contributed by atoms with Gasteiger partial charge in [-0.1, -0.05) is 24.3 Å². The van der Waals surface area contributed by atoms with E-state index < -0.39 is 10.9 Å². The smallest absolute Gasteiger partial charge is 0.253 e. The molecule has 0 aliphatic carbocycles. The van der Waals surface area contributed by atoms with Crippen molar-refractivity contribution in [1.82, 2.24) is 0 Å². The topological polar surface area (TPSA) is 98.7 Å². The van der Waals surface area contributed by atoms with E-state index in [9.17, 15) is 19.8 Å². The molecule has 3 aromatic rings. The molecule has 0 aliphatic heterocycles. The van der Waals surface area contributed by atoms with Crippen molar-refractivity contribution in [3.8, 4) is 11.5 Å². The molecule has 3 aromatic carbocycles. The van der Waals surface area contributed by atoms with Crippen molar-refractivity contribution in [3.63, 3.8) is 0 Å². The Morgan fingerprint density at radius 3 is 1.36 bits per heavy atom. The summed E-state index contributed by atoms with van der Waals surface area (Å²) in [6, 6.07) is 12.7. The summed E-state index contributed by atoms with van der Waals surface area (Å²) in [7, 11) is 0. The summed E-state index contributed by atoms with van der Waals surface area (Å²) in [4.78, 5) is 23.4. The molecule has 6 heteroatoms. The number of aromatic hydroxyl groups is 2. The molecule has 0 radical (unpaired) electrons. The first-order chi connectivity index (χ1) is 10.6. The number of phenols is 2.